The van der Waals surface area contributed by atoms with Crippen LogP contribution >= 0.6 is 15.9 Å². The SMILES string of the molecule is O=c1c2ccccc2nc(/C=C/c2cccc(Br)c2)n1-c1ccc([N+](=O)[O-])cc1. The molecule has 0 aliphatic carbocycles. The van der Waals surface area contributed by atoms with Crippen molar-refractivity contribution in [2.24, 2.45) is 0 Å². The van der Waals surface area contributed by atoms with Gasteiger partial charge in [0.25, 0.3) is 11.2 Å². The Balaban J connectivity index is 1.91. The average molecular weight is 448 g/mol. The Morgan fingerprint density at radius 1 is 0.966 bits per heavy atom. The summed E-state index contributed by atoms with van der Waals surface area (Å²) in [6.45, 7) is 0. The van der Waals surface area contributed by atoms with E-state index in [0.717, 1.165) is 10.0 Å². The lowest BCUT2D eigenvalue weighted by Crippen LogP contribution is -2.22. The molecule has 3 aromatic carbocycles. The quantitative estimate of drug-likeness (QED) is 0.317. The van der Waals surface area contributed by atoms with Crippen molar-refractivity contribution in [1.82, 2.24) is 9.55 Å². The molecule has 0 bridgehead atoms. The Morgan fingerprint density at radius 3 is 2.45 bits per heavy atom. The highest BCUT2D eigenvalue weighted by atomic mass is 79.9. The smallest absolute Gasteiger partial charge is 0.268 e. The summed E-state index contributed by atoms with van der Waals surface area (Å²) >= 11 is 3.44. The van der Waals surface area contributed by atoms with E-state index in [1.165, 1.54) is 16.7 Å². The molecule has 142 valence electrons. The van der Waals surface area contributed by atoms with Crippen molar-refractivity contribution in [2.45, 2.75) is 0 Å². The number of para-hydroxylation sites is 1. The molecule has 0 spiro atoms. The molecule has 0 amide bonds. The summed E-state index contributed by atoms with van der Waals surface area (Å²) in [6, 6.07) is 20.7. The van der Waals surface area contributed by atoms with Gasteiger partial charge < -0.3 is 0 Å². The maximum absolute atomic E-state index is 13.2. The van der Waals surface area contributed by atoms with Crippen molar-refractivity contribution in [3.05, 3.63) is 109 Å². The van der Waals surface area contributed by atoms with Crippen molar-refractivity contribution >= 4 is 44.7 Å². The highest BCUT2D eigenvalue weighted by Gasteiger charge is 2.12. The highest BCUT2D eigenvalue weighted by molar-refractivity contribution is 9.10. The zero-order valence-corrected chi connectivity index (χ0v) is 16.6. The van der Waals surface area contributed by atoms with Gasteiger partial charge in [-0.05, 0) is 48.0 Å². The maximum atomic E-state index is 13.2. The molecule has 0 N–H and O–H groups in total. The fourth-order valence-corrected chi connectivity index (χ4v) is 3.43. The molecular weight excluding hydrogens is 434 g/mol. The first kappa shape index (κ1) is 18.8. The summed E-state index contributed by atoms with van der Waals surface area (Å²) in [5, 5.41) is 11.4. The summed E-state index contributed by atoms with van der Waals surface area (Å²) in [4.78, 5) is 28.3. The third kappa shape index (κ3) is 3.86. The minimum Gasteiger partial charge on any atom is -0.268 e. The Hall–Kier alpha value is -3.58. The van der Waals surface area contributed by atoms with Gasteiger partial charge in [0.05, 0.1) is 21.5 Å². The number of nitro benzene ring substituents is 1. The number of benzene rings is 3. The number of nitrogens with zero attached hydrogens (tertiary/aromatic N) is 3. The molecule has 0 radical (unpaired) electrons. The number of fused-ring (bicyclic) bond motifs is 1. The molecule has 29 heavy (non-hydrogen) atoms. The number of hydrogen-bond donors (Lipinski definition) is 0. The monoisotopic (exact) mass is 447 g/mol. The third-order valence-corrected chi connectivity index (χ3v) is 4.89. The summed E-state index contributed by atoms with van der Waals surface area (Å²) < 4.78 is 2.40. The van der Waals surface area contributed by atoms with E-state index < -0.39 is 4.92 Å². The normalized spacial score (nSPS) is 11.2. The number of non-ortho nitro benzene ring substituents is 1. The van der Waals surface area contributed by atoms with Crippen LogP contribution in [0.1, 0.15) is 11.4 Å². The van der Waals surface area contributed by atoms with Gasteiger partial charge in [-0.25, -0.2) is 4.98 Å². The van der Waals surface area contributed by atoms with Crippen LogP contribution in [0.4, 0.5) is 5.69 Å². The van der Waals surface area contributed by atoms with Gasteiger partial charge in [0.2, 0.25) is 0 Å². The van der Waals surface area contributed by atoms with Crippen LogP contribution in [0.15, 0.2) is 82.1 Å². The molecule has 0 saturated carbocycles. The molecule has 0 atom stereocenters. The second kappa shape index (κ2) is 7.81. The van der Waals surface area contributed by atoms with E-state index in [1.807, 2.05) is 36.4 Å². The van der Waals surface area contributed by atoms with Gasteiger partial charge in [0.15, 0.2) is 0 Å². The molecule has 7 heteroatoms. The molecule has 0 unspecified atom stereocenters. The Labute approximate surface area is 174 Å². The van der Waals surface area contributed by atoms with Crippen LogP contribution in [-0.4, -0.2) is 14.5 Å². The van der Waals surface area contributed by atoms with Gasteiger partial charge in [-0.1, -0.05) is 46.3 Å². The summed E-state index contributed by atoms with van der Waals surface area (Å²) in [5.41, 5.74) is 1.76. The van der Waals surface area contributed by atoms with Crippen molar-refractivity contribution in [3.63, 3.8) is 0 Å². The van der Waals surface area contributed by atoms with Crippen LogP contribution in [0.2, 0.25) is 0 Å². The standard InChI is InChI=1S/C22H14BrN3O3/c23-16-5-3-4-15(14-16)8-13-21-24-20-7-2-1-6-19(20)22(27)25(21)17-9-11-18(12-10-17)26(28)29/h1-14H/b13-8+. The van der Waals surface area contributed by atoms with Gasteiger partial charge in [-0.15, -0.1) is 0 Å². The van der Waals surface area contributed by atoms with E-state index in [0.29, 0.717) is 22.4 Å². The summed E-state index contributed by atoms with van der Waals surface area (Å²) in [5.74, 6) is 0.433. The number of nitro groups is 1. The fraction of sp³-hybridized carbons (Fsp3) is 0. The minimum absolute atomic E-state index is 0.0400. The van der Waals surface area contributed by atoms with Crippen molar-refractivity contribution in [3.8, 4) is 5.69 Å². The lowest BCUT2D eigenvalue weighted by molar-refractivity contribution is -0.384. The first-order chi connectivity index (χ1) is 14.0. The first-order valence-electron chi connectivity index (χ1n) is 8.73. The van der Waals surface area contributed by atoms with Crippen LogP contribution in [0.3, 0.4) is 0 Å². The number of aromatic nitrogens is 2. The van der Waals surface area contributed by atoms with Gasteiger partial charge in [0.1, 0.15) is 5.82 Å². The van der Waals surface area contributed by atoms with E-state index in [9.17, 15) is 14.9 Å². The van der Waals surface area contributed by atoms with Crippen molar-refractivity contribution in [1.29, 1.82) is 0 Å². The van der Waals surface area contributed by atoms with Crippen LogP contribution in [0.25, 0.3) is 28.7 Å². The number of halogens is 1. The topological polar surface area (TPSA) is 78.0 Å². The van der Waals surface area contributed by atoms with Gasteiger partial charge in [-0.2, -0.15) is 0 Å². The minimum atomic E-state index is -0.473. The van der Waals surface area contributed by atoms with Crippen molar-refractivity contribution in [2.75, 3.05) is 0 Å². The third-order valence-electron chi connectivity index (χ3n) is 4.39. The molecular formula is C22H14BrN3O3. The zero-order chi connectivity index (χ0) is 20.4. The number of hydrogen-bond acceptors (Lipinski definition) is 4. The lowest BCUT2D eigenvalue weighted by Gasteiger charge is -2.11. The molecule has 4 aromatic rings. The van der Waals surface area contributed by atoms with Crippen molar-refractivity contribution < 1.29 is 4.92 Å². The van der Waals surface area contributed by atoms with Gasteiger partial charge in [0, 0.05) is 16.6 Å². The highest BCUT2D eigenvalue weighted by Crippen LogP contribution is 2.19. The Kier molecular flexibility index (Phi) is 5.05. The Bertz CT molecular complexity index is 1310. The molecule has 1 aromatic heterocycles. The molecule has 6 nitrogen and oxygen atoms in total. The second-order valence-electron chi connectivity index (χ2n) is 6.29. The largest absolute Gasteiger partial charge is 0.269 e. The van der Waals surface area contributed by atoms with E-state index in [-0.39, 0.29) is 11.2 Å². The fourth-order valence-electron chi connectivity index (χ4n) is 3.02. The summed E-state index contributed by atoms with van der Waals surface area (Å²) in [6.07, 6.45) is 3.63. The first-order valence-corrected chi connectivity index (χ1v) is 9.52. The average Bonchev–Trinajstić information content (AvgIpc) is 2.72. The van der Waals surface area contributed by atoms with Crippen LogP contribution in [-0.2, 0) is 0 Å². The molecule has 0 saturated heterocycles. The molecule has 0 aliphatic heterocycles. The summed E-state index contributed by atoms with van der Waals surface area (Å²) in [7, 11) is 0. The molecule has 4 rings (SSSR count). The van der Waals surface area contributed by atoms with Crippen LogP contribution < -0.4 is 5.56 Å². The lowest BCUT2D eigenvalue weighted by atomic mass is 10.2. The van der Waals surface area contributed by atoms with E-state index >= 15 is 0 Å². The molecule has 0 fully saturated rings. The van der Waals surface area contributed by atoms with E-state index in [1.54, 1.807) is 36.4 Å². The van der Waals surface area contributed by atoms with E-state index in [4.69, 9.17) is 0 Å². The maximum Gasteiger partial charge on any atom is 0.269 e. The predicted octanol–water partition coefficient (Wildman–Crippen LogP) is 5.23. The van der Waals surface area contributed by atoms with Crippen LogP contribution in [0.5, 0.6) is 0 Å². The van der Waals surface area contributed by atoms with E-state index in [2.05, 4.69) is 20.9 Å². The Morgan fingerprint density at radius 2 is 1.72 bits per heavy atom. The zero-order valence-electron chi connectivity index (χ0n) is 15.0. The number of rotatable bonds is 4. The van der Waals surface area contributed by atoms with Gasteiger partial charge >= 0.3 is 0 Å². The predicted molar refractivity (Wildman–Crippen MR) is 117 cm³/mol. The van der Waals surface area contributed by atoms with Crippen LogP contribution in [0, 0.1) is 10.1 Å². The van der Waals surface area contributed by atoms with Gasteiger partial charge in [-0.3, -0.25) is 19.5 Å². The second-order valence-corrected chi connectivity index (χ2v) is 7.21. The molecule has 1 heterocycles. The molecule has 0 aliphatic rings.